The number of carbonyl (C=O) groups excluding carboxylic acids is 2. The molecule has 1 aromatic carbocycles. The van der Waals surface area contributed by atoms with E-state index in [0.29, 0.717) is 44.7 Å². The number of nitrogens with two attached hydrogens (primary N) is 1. The number of nitrogens with one attached hydrogen (secondary N) is 1. The molecule has 2 saturated heterocycles. The number of halogens is 1. The number of piperidine rings is 1. The minimum atomic E-state index is -0.703. The van der Waals surface area contributed by atoms with E-state index in [1.54, 1.807) is 4.90 Å². The van der Waals surface area contributed by atoms with Crippen LogP contribution in [0.1, 0.15) is 35.7 Å². The van der Waals surface area contributed by atoms with Gasteiger partial charge in [-0.25, -0.2) is 9.18 Å². The van der Waals surface area contributed by atoms with Gasteiger partial charge in [-0.2, -0.15) is 10.4 Å². The second-order valence-electron chi connectivity index (χ2n) is 8.10. The first kappa shape index (κ1) is 22.5. The van der Waals surface area contributed by atoms with Crippen LogP contribution >= 0.6 is 0 Å². The predicted molar refractivity (Wildman–Crippen MR) is 115 cm³/mol. The SMILES string of the molecule is N#C[C@H]1CCN(C(=O)OC2CCOCC2)C[C@@H]1n1cc(C(N)=O)c(Nc2ccc(F)cc2)n1. The molecule has 2 atom stereocenters. The number of benzene rings is 1. The van der Waals surface area contributed by atoms with Crippen molar-refractivity contribution in [2.75, 3.05) is 31.6 Å². The van der Waals surface area contributed by atoms with E-state index in [1.165, 1.54) is 35.1 Å². The lowest BCUT2D eigenvalue weighted by Crippen LogP contribution is -2.46. The minimum absolute atomic E-state index is 0.123. The molecule has 0 spiro atoms. The summed E-state index contributed by atoms with van der Waals surface area (Å²) in [5.74, 6) is -1.33. The van der Waals surface area contributed by atoms with Gasteiger partial charge in [-0.15, -0.1) is 0 Å². The van der Waals surface area contributed by atoms with E-state index >= 15 is 0 Å². The summed E-state index contributed by atoms with van der Waals surface area (Å²) >= 11 is 0. The molecule has 2 aliphatic rings. The highest BCUT2D eigenvalue weighted by Crippen LogP contribution is 2.30. The number of rotatable bonds is 5. The van der Waals surface area contributed by atoms with Crippen LogP contribution in [-0.2, 0) is 9.47 Å². The third-order valence-electron chi connectivity index (χ3n) is 5.89. The predicted octanol–water partition coefficient (Wildman–Crippen LogP) is 2.57. The van der Waals surface area contributed by atoms with Gasteiger partial charge in [-0.3, -0.25) is 9.48 Å². The van der Waals surface area contributed by atoms with Crippen molar-refractivity contribution in [3.63, 3.8) is 0 Å². The lowest BCUT2D eigenvalue weighted by molar-refractivity contribution is -0.0150. The quantitative estimate of drug-likeness (QED) is 0.706. The van der Waals surface area contributed by atoms with Crippen LogP contribution in [0.5, 0.6) is 0 Å². The van der Waals surface area contributed by atoms with Crippen LogP contribution in [-0.4, -0.2) is 59.1 Å². The fourth-order valence-electron chi connectivity index (χ4n) is 4.03. The van der Waals surface area contributed by atoms with Crippen molar-refractivity contribution in [1.29, 1.82) is 5.26 Å². The van der Waals surface area contributed by atoms with Crippen LogP contribution < -0.4 is 11.1 Å². The molecular formula is C22H25FN6O4. The van der Waals surface area contributed by atoms with Crippen molar-refractivity contribution in [2.24, 2.45) is 11.7 Å². The van der Waals surface area contributed by atoms with Gasteiger partial charge in [0.2, 0.25) is 0 Å². The van der Waals surface area contributed by atoms with E-state index in [9.17, 15) is 19.2 Å². The molecule has 2 fully saturated rings. The van der Waals surface area contributed by atoms with Gasteiger partial charge in [0.05, 0.1) is 31.2 Å². The van der Waals surface area contributed by atoms with Crippen LogP contribution in [0.4, 0.5) is 20.7 Å². The van der Waals surface area contributed by atoms with Crippen LogP contribution in [0.15, 0.2) is 30.5 Å². The molecule has 10 nitrogen and oxygen atoms in total. The Morgan fingerprint density at radius 1 is 1.24 bits per heavy atom. The molecule has 174 valence electrons. The fraction of sp³-hybridized carbons (Fsp3) is 0.455. The Morgan fingerprint density at radius 2 is 1.97 bits per heavy atom. The maximum absolute atomic E-state index is 13.2. The topological polar surface area (TPSA) is 136 Å². The average Bonchev–Trinajstić information content (AvgIpc) is 3.24. The average molecular weight is 456 g/mol. The van der Waals surface area contributed by atoms with Crippen LogP contribution in [0.3, 0.4) is 0 Å². The largest absolute Gasteiger partial charge is 0.446 e. The number of amides is 2. The number of nitriles is 1. The van der Waals surface area contributed by atoms with Crippen LogP contribution in [0.25, 0.3) is 0 Å². The smallest absolute Gasteiger partial charge is 0.410 e. The van der Waals surface area contributed by atoms with E-state index < -0.39 is 29.8 Å². The first-order chi connectivity index (χ1) is 15.9. The zero-order valence-electron chi connectivity index (χ0n) is 17.9. The second kappa shape index (κ2) is 9.87. The third kappa shape index (κ3) is 5.23. The maximum Gasteiger partial charge on any atom is 0.410 e. The molecule has 2 aromatic rings. The first-order valence-electron chi connectivity index (χ1n) is 10.8. The number of anilines is 2. The number of ether oxygens (including phenoxy) is 2. The zero-order chi connectivity index (χ0) is 23.4. The summed E-state index contributed by atoms with van der Waals surface area (Å²) in [4.78, 5) is 26.3. The van der Waals surface area contributed by atoms with E-state index in [0.717, 1.165) is 0 Å². The van der Waals surface area contributed by atoms with E-state index in [1.807, 2.05) is 0 Å². The molecule has 33 heavy (non-hydrogen) atoms. The Labute approximate surface area is 190 Å². The van der Waals surface area contributed by atoms with Gasteiger partial charge >= 0.3 is 6.09 Å². The monoisotopic (exact) mass is 456 g/mol. The van der Waals surface area contributed by atoms with E-state index in [4.69, 9.17) is 15.2 Å². The Bertz CT molecular complexity index is 1040. The van der Waals surface area contributed by atoms with Gasteiger partial charge in [0.1, 0.15) is 17.5 Å². The highest BCUT2D eigenvalue weighted by molar-refractivity contribution is 5.98. The van der Waals surface area contributed by atoms with Crippen molar-refractivity contribution in [1.82, 2.24) is 14.7 Å². The molecule has 0 saturated carbocycles. The van der Waals surface area contributed by atoms with Gasteiger partial charge in [0, 0.05) is 37.8 Å². The Morgan fingerprint density at radius 3 is 2.64 bits per heavy atom. The highest BCUT2D eigenvalue weighted by Gasteiger charge is 2.35. The lowest BCUT2D eigenvalue weighted by atomic mass is 9.93. The summed E-state index contributed by atoms with van der Waals surface area (Å²) < 4.78 is 25.6. The Hall–Kier alpha value is -3.65. The van der Waals surface area contributed by atoms with Crippen molar-refractivity contribution >= 4 is 23.5 Å². The molecule has 2 amide bonds. The summed E-state index contributed by atoms with van der Waals surface area (Å²) in [6.45, 7) is 1.71. The van der Waals surface area contributed by atoms with Crippen molar-refractivity contribution in [3.8, 4) is 6.07 Å². The number of nitrogens with zero attached hydrogens (tertiary/aromatic N) is 4. The van der Waals surface area contributed by atoms with Crippen LogP contribution in [0.2, 0.25) is 0 Å². The number of aromatic nitrogens is 2. The molecule has 0 bridgehead atoms. The van der Waals surface area contributed by atoms with Gasteiger partial charge < -0.3 is 25.4 Å². The maximum atomic E-state index is 13.2. The molecule has 1 aromatic heterocycles. The molecule has 2 aliphatic heterocycles. The molecule has 0 unspecified atom stereocenters. The Kier molecular flexibility index (Phi) is 6.74. The molecule has 3 heterocycles. The minimum Gasteiger partial charge on any atom is -0.446 e. The van der Waals surface area contributed by atoms with E-state index in [2.05, 4.69) is 16.5 Å². The first-order valence-corrected chi connectivity index (χ1v) is 10.8. The number of hydrogen-bond donors (Lipinski definition) is 2. The standard InChI is InChI=1S/C22H25FN6O4/c23-15-1-3-16(4-2-15)26-21-18(20(25)30)12-29(27-21)19-13-28(8-5-14(19)11-24)22(31)33-17-6-9-32-10-7-17/h1-4,12,14,17,19H,5-10,13H2,(H2,25,30)(H,26,27)/t14-,19+/m1/s1. The zero-order valence-corrected chi connectivity index (χ0v) is 17.9. The van der Waals surface area contributed by atoms with Crippen molar-refractivity contribution < 1.29 is 23.5 Å². The van der Waals surface area contributed by atoms with Gasteiger partial charge in [0.15, 0.2) is 5.82 Å². The number of hydrogen-bond acceptors (Lipinski definition) is 7. The van der Waals surface area contributed by atoms with E-state index in [-0.39, 0.29) is 24.0 Å². The van der Waals surface area contributed by atoms with Crippen LogP contribution in [0, 0.1) is 23.1 Å². The molecule has 3 N–H and O–H groups in total. The summed E-state index contributed by atoms with van der Waals surface area (Å²) in [5.41, 5.74) is 6.17. The molecule has 11 heteroatoms. The normalized spacial score (nSPS) is 21.3. The summed E-state index contributed by atoms with van der Waals surface area (Å²) in [6.07, 6.45) is 2.60. The van der Waals surface area contributed by atoms with Gasteiger partial charge in [-0.05, 0) is 30.7 Å². The second-order valence-corrected chi connectivity index (χ2v) is 8.10. The lowest BCUT2D eigenvalue weighted by Gasteiger charge is -2.36. The summed E-state index contributed by atoms with van der Waals surface area (Å²) in [5, 5.41) is 17.1. The van der Waals surface area contributed by atoms with Gasteiger partial charge in [0.25, 0.3) is 5.91 Å². The number of primary amides is 1. The molecule has 0 aliphatic carbocycles. The molecule has 0 radical (unpaired) electrons. The summed E-state index contributed by atoms with van der Waals surface area (Å²) in [7, 11) is 0. The number of carbonyl (C=O) groups is 2. The molecular weight excluding hydrogens is 431 g/mol. The van der Waals surface area contributed by atoms with Crippen molar-refractivity contribution in [3.05, 3.63) is 41.8 Å². The van der Waals surface area contributed by atoms with Crippen molar-refractivity contribution in [2.45, 2.75) is 31.4 Å². The Balaban J connectivity index is 1.53. The number of likely N-dealkylation sites (tertiary alicyclic amines) is 1. The highest BCUT2D eigenvalue weighted by atomic mass is 19.1. The summed E-state index contributed by atoms with van der Waals surface area (Å²) in [6, 6.07) is 7.34. The third-order valence-corrected chi connectivity index (χ3v) is 5.89. The molecule has 4 rings (SSSR count). The fourth-order valence-corrected chi connectivity index (χ4v) is 4.03. The van der Waals surface area contributed by atoms with Gasteiger partial charge in [-0.1, -0.05) is 0 Å².